The van der Waals surface area contributed by atoms with E-state index in [4.69, 9.17) is 0 Å². The van der Waals surface area contributed by atoms with Gasteiger partial charge in [0.15, 0.2) is 0 Å². The van der Waals surface area contributed by atoms with Crippen LogP contribution < -0.4 is 0 Å². The Morgan fingerprint density at radius 2 is 1.60 bits per heavy atom. The minimum atomic E-state index is 1.10. The lowest BCUT2D eigenvalue weighted by Gasteiger charge is -2.13. The van der Waals surface area contributed by atoms with Gasteiger partial charge >= 0.3 is 0 Å². The molecule has 0 atom stereocenters. The minimum Gasteiger partial charge on any atom is -0.0616 e. The van der Waals surface area contributed by atoms with Crippen molar-refractivity contribution in [1.29, 1.82) is 0 Å². The Morgan fingerprint density at radius 3 is 2.25 bits per heavy atom. The molecule has 0 aliphatic heterocycles. The van der Waals surface area contributed by atoms with E-state index in [1.807, 2.05) is 0 Å². The molecule has 0 spiro atoms. The van der Waals surface area contributed by atoms with Crippen LogP contribution in [0, 0.1) is 27.2 Å². The van der Waals surface area contributed by atoms with Crippen LogP contribution in [0.4, 0.5) is 0 Å². The molecule has 2 aromatic carbocycles. The highest BCUT2D eigenvalue weighted by atomic mass is 14.2. The lowest BCUT2D eigenvalue weighted by atomic mass is 9.91. The summed E-state index contributed by atoms with van der Waals surface area (Å²) < 4.78 is 0. The Morgan fingerprint density at radius 1 is 0.900 bits per heavy atom. The molecule has 0 fully saturated rings. The second-order valence-electron chi connectivity index (χ2n) is 5.85. The average Bonchev–Trinajstić information content (AvgIpc) is 2.80. The first kappa shape index (κ1) is 13.2. The minimum absolute atomic E-state index is 1.10. The summed E-state index contributed by atoms with van der Waals surface area (Å²) in [6, 6.07) is 11.3. The molecule has 0 amide bonds. The lowest BCUT2D eigenvalue weighted by molar-refractivity contribution is 1.14. The van der Waals surface area contributed by atoms with Gasteiger partial charge in [-0.1, -0.05) is 60.0 Å². The molecule has 0 unspecified atom stereocenters. The van der Waals surface area contributed by atoms with Gasteiger partial charge < -0.3 is 0 Å². The molecule has 2 aromatic rings. The molecule has 1 aliphatic carbocycles. The first-order valence-electron chi connectivity index (χ1n) is 7.36. The standard InChI is InChI=1S/C20H21/c1-5-16-11-17-7-6-15(4)20(19(17)12-16)18-9-13(2)8-14(3)10-18/h6-12H,5H2,1-4H3. The molecule has 0 saturated carbocycles. The Labute approximate surface area is 122 Å². The smallest absolute Gasteiger partial charge is 0.0164 e. The fraction of sp³-hybridized carbons (Fsp3) is 0.250. The molecule has 20 heavy (non-hydrogen) atoms. The van der Waals surface area contributed by atoms with Crippen LogP contribution in [0.15, 0.2) is 35.9 Å². The molecule has 1 radical (unpaired) electrons. The number of rotatable bonds is 2. The molecule has 0 heteroatoms. The van der Waals surface area contributed by atoms with E-state index in [1.165, 1.54) is 44.5 Å². The maximum Gasteiger partial charge on any atom is 0.0164 e. The van der Waals surface area contributed by atoms with Gasteiger partial charge in [-0.15, -0.1) is 0 Å². The van der Waals surface area contributed by atoms with Crippen LogP contribution in [-0.4, -0.2) is 0 Å². The third kappa shape index (κ3) is 2.20. The zero-order valence-electron chi connectivity index (χ0n) is 12.7. The number of hydrogen-bond acceptors (Lipinski definition) is 0. The van der Waals surface area contributed by atoms with E-state index >= 15 is 0 Å². The average molecular weight is 261 g/mol. The summed E-state index contributed by atoms with van der Waals surface area (Å²) in [4.78, 5) is 0. The summed E-state index contributed by atoms with van der Waals surface area (Å²) in [6.45, 7) is 8.78. The molecule has 101 valence electrons. The van der Waals surface area contributed by atoms with Gasteiger partial charge in [-0.05, 0) is 55.0 Å². The molecule has 1 aliphatic rings. The summed E-state index contributed by atoms with van der Waals surface area (Å²) in [6.07, 6.45) is 5.77. The van der Waals surface area contributed by atoms with Gasteiger partial charge in [0.2, 0.25) is 0 Å². The third-order valence-corrected chi connectivity index (χ3v) is 4.08. The van der Waals surface area contributed by atoms with Gasteiger partial charge in [0.05, 0.1) is 0 Å². The van der Waals surface area contributed by atoms with Crippen LogP contribution in [0.25, 0.3) is 17.2 Å². The van der Waals surface area contributed by atoms with E-state index in [0.29, 0.717) is 0 Å². The maximum atomic E-state index is 2.36. The topological polar surface area (TPSA) is 0 Å². The van der Waals surface area contributed by atoms with Gasteiger partial charge in [-0.3, -0.25) is 0 Å². The third-order valence-electron chi connectivity index (χ3n) is 4.08. The monoisotopic (exact) mass is 261 g/mol. The van der Waals surface area contributed by atoms with Crippen molar-refractivity contribution >= 4 is 6.08 Å². The van der Waals surface area contributed by atoms with Crippen molar-refractivity contribution in [3.8, 4) is 11.1 Å². The maximum absolute atomic E-state index is 2.36. The van der Waals surface area contributed by atoms with Crippen molar-refractivity contribution in [1.82, 2.24) is 0 Å². The van der Waals surface area contributed by atoms with Crippen molar-refractivity contribution in [2.24, 2.45) is 0 Å². The molecule has 0 saturated heterocycles. The molecule has 0 bridgehead atoms. The number of aryl methyl sites for hydroxylation is 3. The summed E-state index contributed by atoms with van der Waals surface area (Å²) >= 11 is 0. The first-order valence-corrected chi connectivity index (χ1v) is 7.36. The second-order valence-corrected chi connectivity index (χ2v) is 5.85. The fourth-order valence-electron chi connectivity index (χ4n) is 3.16. The molecule has 0 N–H and O–H groups in total. The SMILES string of the molecule is CCC1=Cc2c(ccc(C)c2-c2cc(C)cc(C)c2)[CH]1. The van der Waals surface area contributed by atoms with Gasteiger partial charge in [-0.25, -0.2) is 0 Å². The highest BCUT2D eigenvalue weighted by molar-refractivity contribution is 5.85. The number of fused-ring (bicyclic) bond motifs is 1. The quantitative estimate of drug-likeness (QED) is 0.656. The van der Waals surface area contributed by atoms with Gasteiger partial charge in [0.1, 0.15) is 0 Å². The molecule has 0 aromatic heterocycles. The van der Waals surface area contributed by atoms with Crippen molar-refractivity contribution in [3.05, 3.63) is 70.1 Å². The molecular formula is C20H21. The van der Waals surface area contributed by atoms with E-state index in [-0.39, 0.29) is 0 Å². The van der Waals surface area contributed by atoms with E-state index in [1.54, 1.807) is 0 Å². The van der Waals surface area contributed by atoms with Gasteiger partial charge in [0, 0.05) is 6.42 Å². The van der Waals surface area contributed by atoms with Gasteiger partial charge in [0.25, 0.3) is 0 Å². The summed E-state index contributed by atoms with van der Waals surface area (Å²) in [5.74, 6) is 0. The Kier molecular flexibility index (Phi) is 3.25. The predicted octanol–water partition coefficient (Wildman–Crippen LogP) is 5.64. The van der Waals surface area contributed by atoms with Crippen LogP contribution in [0.2, 0.25) is 0 Å². The van der Waals surface area contributed by atoms with E-state index in [9.17, 15) is 0 Å². The Hall–Kier alpha value is -1.82. The fourth-order valence-corrected chi connectivity index (χ4v) is 3.16. The normalized spacial score (nSPS) is 13.3. The molecular weight excluding hydrogens is 240 g/mol. The molecule has 0 heterocycles. The van der Waals surface area contributed by atoms with Crippen LogP contribution in [0.3, 0.4) is 0 Å². The number of hydrogen-bond donors (Lipinski definition) is 0. The van der Waals surface area contributed by atoms with Crippen LogP contribution in [-0.2, 0) is 0 Å². The van der Waals surface area contributed by atoms with Crippen molar-refractivity contribution in [2.45, 2.75) is 34.1 Å². The highest BCUT2D eigenvalue weighted by Crippen LogP contribution is 2.38. The second kappa shape index (κ2) is 4.94. The van der Waals surface area contributed by atoms with E-state index in [0.717, 1.165) is 6.42 Å². The van der Waals surface area contributed by atoms with Crippen molar-refractivity contribution in [2.75, 3.05) is 0 Å². The van der Waals surface area contributed by atoms with Crippen LogP contribution in [0.5, 0.6) is 0 Å². The highest BCUT2D eigenvalue weighted by Gasteiger charge is 2.18. The number of benzene rings is 2. The van der Waals surface area contributed by atoms with Crippen molar-refractivity contribution in [3.63, 3.8) is 0 Å². The summed E-state index contributed by atoms with van der Waals surface area (Å²) in [5.41, 5.74) is 10.9. The van der Waals surface area contributed by atoms with E-state index in [2.05, 4.69) is 70.5 Å². The molecule has 3 rings (SSSR count). The Balaban J connectivity index is 2.24. The van der Waals surface area contributed by atoms with Crippen LogP contribution in [0.1, 0.15) is 41.2 Å². The number of allylic oxidation sites excluding steroid dienone is 1. The molecule has 0 nitrogen and oxygen atoms in total. The summed E-state index contributed by atoms with van der Waals surface area (Å²) in [5, 5.41) is 0. The zero-order chi connectivity index (χ0) is 14.3. The Bertz CT molecular complexity index is 682. The zero-order valence-corrected chi connectivity index (χ0v) is 12.7. The van der Waals surface area contributed by atoms with E-state index < -0.39 is 0 Å². The van der Waals surface area contributed by atoms with Crippen molar-refractivity contribution < 1.29 is 0 Å². The largest absolute Gasteiger partial charge is 0.0616 e. The van der Waals surface area contributed by atoms with Gasteiger partial charge in [-0.2, -0.15) is 0 Å². The lowest BCUT2D eigenvalue weighted by Crippen LogP contribution is -1.92. The first-order chi connectivity index (χ1) is 9.58. The van der Waals surface area contributed by atoms with Crippen LogP contribution >= 0.6 is 0 Å². The summed E-state index contributed by atoms with van der Waals surface area (Å²) in [7, 11) is 0. The predicted molar refractivity (Wildman–Crippen MR) is 87.8 cm³/mol.